The van der Waals surface area contributed by atoms with Crippen LogP contribution in [0.5, 0.6) is 0 Å². The zero-order valence-corrected chi connectivity index (χ0v) is 9.77. The summed E-state index contributed by atoms with van der Waals surface area (Å²) in [6, 6.07) is 0.239. The first-order valence-electron chi connectivity index (χ1n) is 5.28. The highest BCUT2D eigenvalue weighted by Gasteiger charge is 2.32. The maximum atomic E-state index is 11.4. The van der Waals surface area contributed by atoms with E-state index in [4.69, 9.17) is 10.5 Å². The van der Waals surface area contributed by atoms with Gasteiger partial charge in [0, 0.05) is 25.7 Å². The lowest BCUT2D eigenvalue weighted by Crippen LogP contribution is -2.46. The Morgan fingerprint density at radius 3 is 2.73 bits per heavy atom. The van der Waals surface area contributed by atoms with E-state index in [2.05, 4.69) is 23.9 Å². The summed E-state index contributed by atoms with van der Waals surface area (Å²) in [5.41, 5.74) is 5.59. The molecule has 1 fully saturated rings. The number of nitrogens with zero attached hydrogens (tertiary/aromatic N) is 2. The normalized spacial score (nSPS) is 24.5. The topological polar surface area (TPSA) is 58.8 Å². The van der Waals surface area contributed by atoms with Crippen LogP contribution in [0.1, 0.15) is 6.42 Å². The Bertz CT molecular complexity index is 221. The lowest BCUT2D eigenvalue weighted by molar-refractivity contribution is -0.146. The predicted octanol–water partition coefficient (Wildman–Crippen LogP) is -0.877. The van der Waals surface area contributed by atoms with Crippen molar-refractivity contribution < 1.29 is 9.53 Å². The van der Waals surface area contributed by atoms with Gasteiger partial charge in [0.2, 0.25) is 0 Å². The van der Waals surface area contributed by atoms with Gasteiger partial charge < -0.3 is 15.4 Å². The largest absolute Gasteiger partial charge is 0.468 e. The maximum Gasteiger partial charge on any atom is 0.324 e. The smallest absolute Gasteiger partial charge is 0.324 e. The van der Waals surface area contributed by atoms with Crippen LogP contribution < -0.4 is 5.73 Å². The number of esters is 1. The lowest BCUT2D eigenvalue weighted by Gasteiger charge is -2.25. The summed E-state index contributed by atoms with van der Waals surface area (Å²) in [5, 5.41) is 0. The van der Waals surface area contributed by atoms with Crippen LogP contribution in [0.4, 0.5) is 0 Å². The maximum absolute atomic E-state index is 11.4. The zero-order chi connectivity index (χ0) is 11.4. The van der Waals surface area contributed by atoms with Crippen molar-refractivity contribution in [1.82, 2.24) is 9.80 Å². The van der Waals surface area contributed by atoms with Gasteiger partial charge in [0.1, 0.15) is 6.04 Å². The van der Waals surface area contributed by atoms with Crippen molar-refractivity contribution in [1.29, 1.82) is 0 Å². The molecule has 2 N–H and O–H groups in total. The van der Waals surface area contributed by atoms with Gasteiger partial charge in [-0.15, -0.1) is 0 Å². The van der Waals surface area contributed by atoms with E-state index in [0.29, 0.717) is 12.6 Å². The molecule has 0 aromatic rings. The van der Waals surface area contributed by atoms with Crippen molar-refractivity contribution in [2.75, 3.05) is 40.8 Å². The molecule has 88 valence electrons. The Hall–Kier alpha value is -0.650. The molecule has 0 spiro atoms. The first-order valence-corrected chi connectivity index (χ1v) is 5.28. The molecule has 1 heterocycles. The van der Waals surface area contributed by atoms with Gasteiger partial charge in [-0.25, -0.2) is 0 Å². The van der Waals surface area contributed by atoms with Crippen LogP contribution in [-0.2, 0) is 9.53 Å². The van der Waals surface area contributed by atoms with E-state index < -0.39 is 0 Å². The molecule has 5 heteroatoms. The van der Waals surface area contributed by atoms with Crippen molar-refractivity contribution in [2.24, 2.45) is 5.73 Å². The Kier molecular flexibility index (Phi) is 4.50. The highest BCUT2D eigenvalue weighted by Crippen LogP contribution is 2.16. The quantitative estimate of drug-likeness (QED) is 0.617. The molecule has 0 aliphatic carbocycles. The molecule has 5 nitrogen and oxygen atoms in total. The monoisotopic (exact) mass is 215 g/mol. The van der Waals surface area contributed by atoms with Crippen molar-refractivity contribution in [2.45, 2.75) is 18.5 Å². The van der Waals surface area contributed by atoms with Gasteiger partial charge in [-0.1, -0.05) is 0 Å². The molecule has 1 aliphatic heterocycles. The van der Waals surface area contributed by atoms with Crippen LogP contribution >= 0.6 is 0 Å². The Balaban J connectivity index is 2.54. The molecule has 0 radical (unpaired) electrons. The van der Waals surface area contributed by atoms with E-state index in [1.54, 1.807) is 0 Å². The van der Waals surface area contributed by atoms with Crippen LogP contribution in [0.2, 0.25) is 0 Å². The first-order chi connectivity index (χ1) is 7.10. The zero-order valence-electron chi connectivity index (χ0n) is 9.77. The van der Waals surface area contributed by atoms with Crippen LogP contribution in [-0.4, -0.2) is 68.7 Å². The lowest BCUT2D eigenvalue weighted by atomic mass is 10.2. The van der Waals surface area contributed by atoms with E-state index in [1.165, 1.54) is 7.11 Å². The van der Waals surface area contributed by atoms with Gasteiger partial charge in [-0.2, -0.15) is 0 Å². The molecule has 2 unspecified atom stereocenters. The summed E-state index contributed by atoms with van der Waals surface area (Å²) in [4.78, 5) is 15.7. The first kappa shape index (κ1) is 12.4. The summed E-state index contributed by atoms with van der Waals surface area (Å²) in [6.45, 7) is 2.14. The van der Waals surface area contributed by atoms with Crippen LogP contribution in [0, 0.1) is 0 Å². The van der Waals surface area contributed by atoms with Crippen molar-refractivity contribution in [3.63, 3.8) is 0 Å². The van der Waals surface area contributed by atoms with Crippen molar-refractivity contribution in [3.05, 3.63) is 0 Å². The predicted molar refractivity (Wildman–Crippen MR) is 58.5 cm³/mol. The molecule has 1 saturated heterocycles. The Labute approximate surface area is 91.2 Å². The SMILES string of the molecule is COC(=O)C(CN)N1CCC(N(C)C)C1. The highest BCUT2D eigenvalue weighted by molar-refractivity contribution is 5.76. The number of likely N-dealkylation sites (N-methyl/N-ethyl adjacent to an activating group) is 1. The molecule has 0 bridgehead atoms. The number of methoxy groups -OCH3 is 1. The number of likely N-dealkylation sites (tertiary alicyclic amines) is 1. The van der Waals surface area contributed by atoms with Gasteiger partial charge in [0.15, 0.2) is 0 Å². The fourth-order valence-corrected chi connectivity index (χ4v) is 2.00. The summed E-state index contributed by atoms with van der Waals surface area (Å²) in [6.07, 6.45) is 1.08. The fraction of sp³-hybridized carbons (Fsp3) is 0.900. The molecular weight excluding hydrogens is 194 g/mol. The number of hydrogen-bond donors (Lipinski definition) is 1. The molecule has 1 rings (SSSR count). The van der Waals surface area contributed by atoms with Gasteiger partial charge in [0.25, 0.3) is 0 Å². The van der Waals surface area contributed by atoms with E-state index in [9.17, 15) is 4.79 Å². The molecule has 2 atom stereocenters. The average Bonchev–Trinajstić information content (AvgIpc) is 2.68. The number of carbonyl (C=O) groups is 1. The third kappa shape index (κ3) is 2.90. The van der Waals surface area contributed by atoms with Crippen LogP contribution in [0.15, 0.2) is 0 Å². The second-order valence-electron chi connectivity index (χ2n) is 4.18. The minimum Gasteiger partial charge on any atom is -0.468 e. The van der Waals surface area contributed by atoms with E-state index in [-0.39, 0.29) is 12.0 Å². The van der Waals surface area contributed by atoms with Crippen molar-refractivity contribution in [3.8, 4) is 0 Å². The van der Waals surface area contributed by atoms with Gasteiger partial charge in [-0.3, -0.25) is 9.69 Å². The summed E-state index contributed by atoms with van der Waals surface area (Å²) >= 11 is 0. The number of rotatable bonds is 4. The molecule has 0 saturated carbocycles. The number of carbonyl (C=O) groups excluding carboxylic acids is 1. The molecule has 1 aliphatic rings. The minimum absolute atomic E-state index is 0.225. The summed E-state index contributed by atoms with van der Waals surface area (Å²) in [5.74, 6) is -0.225. The Morgan fingerprint density at radius 1 is 1.67 bits per heavy atom. The van der Waals surface area contributed by atoms with E-state index >= 15 is 0 Å². The van der Waals surface area contributed by atoms with Gasteiger partial charge in [-0.05, 0) is 20.5 Å². The van der Waals surface area contributed by atoms with Crippen LogP contribution in [0.3, 0.4) is 0 Å². The molecule has 15 heavy (non-hydrogen) atoms. The second kappa shape index (κ2) is 5.44. The average molecular weight is 215 g/mol. The van der Waals surface area contributed by atoms with E-state index in [1.807, 2.05) is 0 Å². The van der Waals surface area contributed by atoms with E-state index in [0.717, 1.165) is 19.5 Å². The molecular formula is C10H21N3O2. The molecule has 0 aromatic carbocycles. The minimum atomic E-state index is -0.278. The summed E-state index contributed by atoms with van der Waals surface area (Å²) in [7, 11) is 5.53. The standard InChI is InChI=1S/C10H21N3O2/c1-12(2)8-4-5-13(7-8)9(6-11)10(14)15-3/h8-9H,4-7,11H2,1-3H3. The number of ether oxygens (including phenoxy) is 1. The van der Waals surface area contributed by atoms with Gasteiger partial charge in [0.05, 0.1) is 7.11 Å². The highest BCUT2D eigenvalue weighted by atomic mass is 16.5. The summed E-state index contributed by atoms with van der Waals surface area (Å²) < 4.78 is 4.74. The number of nitrogens with two attached hydrogens (primary N) is 1. The molecule has 0 amide bonds. The van der Waals surface area contributed by atoms with Gasteiger partial charge >= 0.3 is 5.97 Å². The van der Waals surface area contributed by atoms with Crippen molar-refractivity contribution >= 4 is 5.97 Å². The fourth-order valence-electron chi connectivity index (χ4n) is 2.00. The number of hydrogen-bond acceptors (Lipinski definition) is 5. The molecule has 0 aromatic heterocycles. The third-order valence-electron chi connectivity index (χ3n) is 3.06. The van der Waals surface area contributed by atoms with Crippen LogP contribution in [0.25, 0.3) is 0 Å². The third-order valence-corrected chi connectivity index (χ3v) is 3.06. The second-order valence-corrected chi connectivity index (χ2v) is 4.18. The Morgan fingerprint density at radius 2 is 2.33 bits per heavy atom.